The van der Waals surface area contributed by atoms with Crippen molar-refractivity contribution < 1.29 is 14.2 Å². The van der Waals surface area contributed by atoms with E-state index in [4.69, 9.17) is 14.2 Å². The third-order valence-corrected chi connectivity index (χ3v) is 2.62. The van der Waals surface area contributed by atoms with Crippen LogP contribution in [0.5, 0.6) is 5.88 Å². The molecule has 0 unspecified atom stereocenters. The maximum Gasteiger partial charge on any atom is 0.213 e. The number of rotatable bonds is 9. The number of aliphatic imine (C=N–C) groups is 1. The lowest BCUT2D eigenvalue weighted by Gasteiger charge is -2.11. The average molecular weight is 296 g/mol. The number of methoxy groups -OCH3 is 2. The normalized spacial score (nSPS) is 11.3. The van der Waals surface area contributed by atoms with E-state index < -0.39 is 0 Å². The van der Waals surface area contributed by atoms with Gasteiger partial charge >= 0.3 is 0 Å². The van der Waals surface area contributed by atoms with Crippen LogP contribution in [0.25, 0.3) is 0 Å². The first-order valence-electron chi connectivity index (χ1n) is 6.80. The number of hydrogen-bond acceptors (Lipinski definition) is 5. The molecule has 7 heteroatoms. The van der Waals surface area contributed by atoms with Gasteiger partial charge in [0.25, 0.3) is 0 Å². The SMILES string of the molecule is CN=C(NCCOC)NCc1ccc(OCCOC)nc1. The Bertz CT molecular complexity index is 409. The number of pyridine rings is 1. The zero-order chi connectivity index (χ0) is 15.3. The summed E-state index contributed by atoms with van der Waals surface area (Å²) >= 11 is 0. The monoisotopic (exact) mass is 296 g/mol. The van der Waals surface area contributed by atoms with Gasteiger partial charge in [0.05, 0.1) is 13.2 Å². The van der Waals surface area contributed by atoms with Crippen molar-refractivity contribution in [2.45, 2.75) is 6.54 Å². The number of ether oxygens (including phenoxy) is 3. The summed E-state index contributed by atoms with van der Waals surface area (Å²) in [5.41, 5.74) is 1.05. The Hall–Kier alpha value is -1.86. The fourth-order valence-electron chi connectivity index (χ4n) is 1.51. The standard InChI is InChI=1S/C14H24N4O3/c1-15-14(16-6-7-19-2)18-11-12-4-5-13(17-10-12)21-9-8-20-3/h4-5,10H,6-9,11H2,1-3H3,(H2,15,16,18). The van der Waals surface area contributed by atoms with Gasteiger partial charge in [-0.05, 0) is 5.56 Å². The fourth-order valence-corrected chi connectivity index (χ4v) is 1.51. The highest BCUT2D eigenvalue weighted by molar-refractivity contribution is 5.79. The summed E-state index contributed by atoms with van der Waals surface area (Å²) in [6.45, 7) is 3.03. The third kappa shape index (κ3) is 7.48. The molecule has 0 spiro atoms. The second-order valence-electron chi connectivity index (χ2n) is 4.19. The van der Waals surface area contributed by atoms with E-state index in [0.717, 1.165) is 11.5 Å². The number of nitrogens with one attached hydrogen (secondary N) is 2. The van der Waals surface area contributed by atoms with Gasteiger partial charge in [-0.1, -0.05) is 6.07 Å². The van der Waals surface area contributed by atoms with Crippen LogP contribution in [0.1, 0.15) is 5.56 Å². The second-order valence-corrected chi connectivity index (χ2v) is 4.19. The van der Waals surface area contributed by atoms with E-state index in [0.29, 0.717) is 38.8 Å². The molecule has 0 aliphatic heterocycles. The van der Waals surface area contributed by atoms with Crippen LogP contribution in [-0.2, 0) is 16.0 Å². The van der Waals surface area contributed by atoms with Crippen molar-refractivity contribution in [2.24, 2.45) is 4.99 Å². The Kier molecular flexibility index (Phi) is 8.90. The van der Waals surface area contributed by atoms with Gasteiger partial charge in [-0.25, -0.2) is 4.98 Å². The fraction of sp³-hybridized carbons (Fsp3) is 0.571. The Morgan fingerprint density at radius 1 is 1.14 bits per heavy atom. The van der Waals surface area contributed by atoms with Gasteiger partial charge in [0.15, 0.2) is 5.96 Å². The van der Waals surface area contributed by atoms with Gasteiger partial charge in [0, 0.05) is 46.6 Å². The predicted molar refractivity (Wildman–Crippen MR) is 81.7 cm³/mol. The molecule has 0 amide bonds. The molecular formula is C14H24N4O3. The van der Waals surface area contributed by atoms with Gasteiger partial charge in [-0.2, -0.15) is 0 Å². The highest BCUT2D eigenvalue weighted by atomic mass is 16.5. The van der Waals surface area contributed by atoms with E-state index in [2.05, 4.69) is 20.6 Å². The summed E-state index contributed by atoms with van der Waals surface area (Å²) in [5.74, 6) is 1.32. The lowest BCUT2D eigenvalue weighted by molar-refractivity contribution is 0.143. The number of guanidine groups is 1. The molecule has 1 aromatic heterocycles. The van der Waals surface area contributed by atoms with Crippen molar-refractivity contribution in [3.8, 4) is 5.88 Å². The minimum atomic E-state index is 0.497. The average Bonchev–Trinajstić information content (AvgIpc) is 2.52. The summed E-state index contributed by atoms with van der Waals surface area (Å²) in [6, 6.07) is 3.80. The van der Waals surface area contributed by atoms with Crippen LogP contribution in [-0.4, -0.2) is 58.6 Å². The first-order valence-corrected chi connectivity index (χ1v) is 6.80. The maximum absolute atomic E-state index is 5.41. The topological polar surface area (TPSA) is 77.0 Å². The smallest absolute Gasteiger partial charge is 0.213 e. The number of nitrogens with zero attached hydrogens (tertiary/aromatic N) is 2. The minimum absolute atomic E-state index is 0.497. The molecular weight excluding hydrogens is 272 g/mol. The lowest BCUT2D eigenvalue weighted by Crippen LogP contribution is -2.38. The maximum atomic E-state index is 5.41. The molecule has 0 fully saturated rings. The van der Waals surface area contributed by atoms with Crippen molar-refractivity contribution in [1.82, 2.24) is 15.6 Å². The molecule has 0 saturated heterocycles. The first kappa shape index (κ1) is 17.2. The minimum Gasteiger partial charge on any atom is -0.475 e. The molecule has 0 aliphatic carbocycles. The largest absolute Gasteiger partial charge is 0.475 e. The van der Waals surface area contributed by atoms with Crippen molar-refractivity contribution in [2.75, 3.05) is 47.6 Å². The van der Waals surface area contributed by atoms with Crippen molar-refractivity contribution in [3.63, 3.8) is 0 Å². The predicted octanol–water partition coefficient (Wildman–Crippen LogP) is 0.418. The number of hydrogen-bond donors (Lipinski definition) is 2. The zero-order valence-corrected chi connectivity index (χ0v) is 12.9. The van der Waals surface area contributed by atoms with E-state index >= 15 is 0 Å². The highest BCUT2D eigenvalue weighted by Gasteiger charge is 2.00. The van der Waals surface area contributed by atoms with Crippen LogP contribution in [0, 0.1) is 0 Å². The Morgan fingerprint density at radius 3 is 2.57 bits per heavy atom. The van der Waals surface area contributed by atoms with Gasteiger partial charge in [0.2, 0.25) is 5.88 Å². The van der Waals surface area contributed by atoms with Gasteiger partial charge in [0.1, 0.15) is 6.61 Å². The molecule has 0 radical (unpaired) electrons. The summed E-state index contributed by atoms with van der Waals surface area (Å²) in [4.78, 5) is 8.35. The van der Waals surface area contributed by atoms with Crippen molar-refractivity contribution in [1.29, 1.82) is 0 Å². The number of aromatic nitrogens is 1. The van der Waals surface area contributed by atoms with Crippen LogP contribution in [0.2, 0.25) is 0 Å². The molecule has 1 heterocycles. The molecule has 0 saturated carbocycles. The molecule has 0 atom stereocenters. The van der Waals surface area contributed by atoms with Crippen LogP contribution in [0.4, 0.5) is 0 Å². The van der Waals surface area contributed by atoms with Gasteiger partial charge in [-0.15, -0.1) is 0 Å². The molecule has 1 aromatic rings. The summed E-state index contributed by atoms with van der Waals surface area (Å²) in [6.07, 6.45) is 1.78. The van der Waals surface area contributed by atoms with E-state index in [-0.39, 0.29) is 0 Å². The Balaban J connectivity index is 2.34. The quantitative estimate of drug-likeness (QED) is 0.391. The Labute approximate surface area is 125 Å². The molecule has 2 N–H and O–H groups in total. The molecule has 1 rings (SSSR count). The summed E-state index contributed by atoms with van der Waals surface area (Å²) in [5, 5.41) is 6.34. The summed E-state index contributed by atoms with van der Waals surface area (Å²) in [7, 11) is 5.03. The molecule has 0 bridgehead atoms. The molecule has 21 heavy (non-hydrogen) atoms. The highest BCUT2D eigenvalue weighted by Crippen LogP contribution is 2.07. The van der Waals surface area contributed by atoms with Gasteiger partial charge < -0.3 is 24.8 Å². The zero-order valence-electron chi connectivity index (χ0n) is 12.9. The third-order valence-electron chi connectivity index (χ3n) is 2.62. The van der Waals surface area contributed by atoms with E-state index in [9.17, 15) is 0 Å². The molecule has 0 aromatic carbocycles. The van der Waals surface area contributed by atoms with Crippen molar-refractivity contribution >= 4 is 5.96 Å². The summed E-state index contributed by atoms with van der Waals surface area (Å²) < 4.78 is 15.3. The first-order chi connectivity index (χ1) is 10.3. The van der Waals surface area contributed by atoms with Crippen LogP contribution in [0.3, 0.4) is 0 Å². The van der Waals surface area contributed by atoms with Crippen LogP contribution in [0.15, 0.2) is 23.3 Å². The van der Waals surface area contributed by atoms with E-state index in [1.54, 1.807) is 27.5 Å². The van der Waals surface area contributed by atoms with Crippen molar-refractivity contribution in [3.05, 3.63) is 23.9 Å². The second kappa shape index (κ2) is 10.9. The Morgan fingerprint density at radius 2 is 1.95 bits per heavy atom. The molecule has 7 nitrogen and oxygen atoms in total. The van der Waals surface area contributed by atoms with E-state index in [1.165, 1.54) is 0 Å². The van der Waals surface area contributed by atoms with Gasteiger partial charge in [-0.3, -0.25) is 4.99 Å². The van der Waals surface area contributed by atoms with Crippen LogP contribution >= 0.6 is 0 Å². The molecule has 0 aliphatic rings. The molecule has 118 valence electrons. The lowest BCUT2D eigenvalue weighted by atomic mass is 10.3. The van der Waals surface area contributed by atoms with E-state index in [1.807, 2.05) is 12.1 Å². The van der Waals surface area contributed by atoms with Crippen LogP contribution < -0.4 is 15.4 Å².